The molecule has 0 aliphatic carbocycles. The number of carbonyl (C=O) groups excluding carboxylic acids is 1. The van der Waals surface area contributed by atoms with Crippen LogP contribution in [0.5, 0.6) is 11.5 Å². The summed E-state index contributed by atoms with van der Waals surface area (Å²) in [6, 6.07) is 5.71. The summed E-state index contributed by atoms with van der Waals surface area (Å²) < 4.78 is 17.0. The van der Waals surface area contributed by atoms with Crippen molar-refractivity contribution in [2.75, 3.05) is 19.8 Å². The maximum Gasteiger partial charge on any atom is 0.276 e. The molecule has 0 aromatic heterocycles. The van der Waals surface area contributed by atoms with Crippen molar-refractivity contribution in [3.05, 3.63) is 23.8 Å². The van der Waals surface area contributed by atoms with E-state index in [0.29, 0.717) is 23.2 Å². The number of hydrogen-bond acceptors (Lipinski definition) is 5. The summed E-state index contributed by atoms with van der Waals surface area (Å²) >= 11 is 5.12. The molecule has 8 heteroatoms. The number of nitrogens with one attached hydrogen (secondary N) is 3. The van der Waals surface area contributed by atoms with Gasteiger partial charge in [-0.05, 0) is 45.0 Å². The van der Waals surface area contributed by atoms with Crippen LogP contribution >= 0.6 is 12.2 Å². The van der Waals surface area contributed by atoms with Crippen LogP contribution in [-0.2, 0) is 16.0 Å². The van der Waals surface area contributed by atoms with E-state index in [-0.39, 0.29) is 24.2 Å². The Hall–Kier alpha value is -2.06. The molecule has 0 radical (unpaired) electrons. The topological polar surface area (TPSA) is 80.9 Å². The largest absolute Gasteiger partial charge is 0.483 e. The van der Waals surface area contributed by atoms with Gasteiger partial charge in [-0.2, -0.15) is 0 Å². The summed E-state index contributed by atoms with van der Waals surface area (Å²) in [5.74, 6) is 0.954. The Labute approximate surface area is 158 Å². The summed E-state index contributed by atoms with van der Waals surface area (Å²) in [7, 11) is 0. The number of para-hydroxylation sites is 1. The van der Waals surface area contributed by atoms with Crippen molar-refractivity contribution in [1.82, 2.24) is 16.2 Å². The maximum atomic E-state index is 12.0. The van der Waals surface area contributed by atoms with Gasteiger partial charge >= 0.3 is 0 Å². The van der Waals surface area contributed by atoms with Gasteiger partial charge in [0.2, 0.25) is 0 Å². The minimum Gasteiger partial charge on any atom is -0.483 e. The zero-order valence-corrected chi connectivity index (χ0v) is 15.9. The summed E-state index contributed by atoms with van der Waals surface area (Å²) in [6.45, 7) is 5.34. The van der Waals surface area contributed by atoms with Gasteiger partial charge in [0, 0.05) is 25.1 Å². The monoisotopic (exact) mass is 379 g/mol. The van der Waals surface area contributed by atoms with Crippen LogP contribution in [0.1, 0.15) is 32.3 Å². The first kappa shape index (κ1) is 18.7. The standard InChI is InChI=1S/C18H25N3O4S/c1-18(2)9-12-5-3-7-14(16(12)25-18)24-11-15(22)20-21-17(26)19-10-13-6-4-8-23-13/h3,5,7,13H,4,6,8-11H2,1-2H3,(H,20,22)(H2,19,21,26)/t13-/m1/s1. The molecule has 0 saturated carbocycles. The normalized spacial score (nSPS) is 20.0. The first-order chi connectivity index (χ1) is 12.4. The van der Waals surface area contributed by atoms with Gasteiger partial charge in [-0.3, -0.25) is 15.6 Å². The maximum absolute atomic E-state index is 12.0. The molecule has 0 spiro atoms. The predicted molar refractivity (Wildman–Crippen MR) is 101 cm³/mol. The highest BCUT2D eigenvalue weighted by molar-refractivity contribution is 7.80. The third-order valence-corrected chi connectivity index (χ3v) is 4.49. The average Bonchev–Trinajstić information content (AvgIpc) is 3.22. The molecule has 0 unspecified atom stereocenters. The Morgan fingerprint density at radius 3 is 3.00 bits per heavy atom. The number of rotatable bonds is 5. The van der Waals surface area contributed by atoms with Crippen molar-refractivity contribution in [3.63, 3.8) is 0 Å². The van der Waals surface area contributed by atoms with E-state index >= 15 is 0 Å². The van der Waals surface area contributed by atoms with Crippen LogP contribution in [0.4, 0.5) is 0 Å². The first-order valence-electron chi connectivity index (χ1n) is 8.81. The molecule has 26 heavy (non-hydrogen) atoms. The van der Waals surface area contributed by atoms with E-state index < -0.39 is 0 Å². The van der Waals surface area contributed by atoms with Crippen LogP contribution in [0.15, 0.2) is 18.2 Å². The van der Waals surface area contributed by atoms with Gasteiger partial charge in [-0.25, -0.2) is 0 Å². The Morgan fingerprint density at radius 2 is 2.23 bits per heavy atom. The summed E-state index contributed by atoms with van der Waals surface area (Å²) in [4.78, 5) is 12.0. The molecule has 1 aromatic rings. The average molecular weight is 379 g/mol. The minimum absolute atomic E-state index is 0.137. The Balaban J connectivity index is 1.39. The molecule has 7 nitrogen and oxygen atoms in total. The minimum atomic E-state index is -0.332. The number of benzene rings is 1. The van der Waals surface area contributed by atoms with Gasteiger partial charge < -0.3 is 19.5 Å². The fourth-order valence-corrected chi connectivity index (χ4v) is 3.20. The van der Waals surface area contributed by atoms with Crippen molar-refractivity contribution in [2.45, 2.75) is 44.8 Å². The Kier molecular flexibility index (Phi) is 5.83. The van der Waals surface area contributed by atoms with Gasteiger partial charge in [-0.1, -0.05) is 12.1 Å². The lowest BCUT2D eigenvalue weighted by atomic mass is 10.0. The molecular formula is C18H25N3O4S. The molecular weight excluding hydrogens is 354 g/mol. The molecule has 1 amide bonds. The number of carbonyl (C=O) groups is 1. The second kappa shape index (κ2) is 8.09. The molecule has 2 aliphatic heterocycles. The molecule has 1 fully saturated rings. The quantitative estimate of drug-likeness (QED) is 0.528. The van der Waals surface area contributed by atoms with E-state index in [9.17, 15) is 4.79 Å². The predicted octanol–water partition coefficient (Wildman–Crippen LogP) is 1.45. The Bertz CT molecular complexity index is 674. The number of amides is 1. The smallest absolute Gasteiger partial charge is 0.276 e. The van der Waals surface area contributed by atoms with Gasteiger partial charge in [-0.15, -0.1) is 0 Å². The zero-order chi connectivity index (χ0) is 18.6. The molecule has 1 aromatic carbocycles. The second-order valence-corrected chi connectivity index (χ2v) is 7.50. The third-order valence-electron chi connectivity index (χ3n) is 4.24. The molecule has 1 saturated heterocycles. The zero-order valence-electron chi connectivity index (χ0n) is 15.1. The van der Waals surface area contributed by atoms with Crippen LogP contribution in [-0.4, -0.2) is 42.5 Å². The van der Waals surface area contributed by atoms with Crippen molar-refractivity contribution < 1.29 is 19.0 Å². The second-order valence-electron chi connectivity index (χ2n) is 7.09. The molecule has 3 rings (SSSR count). The van der Waals surface area contributed by atoms with Crippen molar-refractivity contribution in [2.24, 2.45) is 0 Å². The molecule has 3 N–H and O–H groups in total. The van der Waals surface area contributed by atoms with Crippen LogP contribution < -0.4 is 25.6 Å². The van der Waals surface area contributed by atoms with Crippen LogP contribution in [0.2, 0.25) is 0 Å². The fraction of sp³-hybridized carbons (Fsp3) is 0.556. The first-order valence-corrected chi connectivity index (χ1v) is 9.22. The van der Waals surface area contributed by atoms with Gasteiger partial charge in [0.15, 0.2) is 23.2 Å². The number of ether oxygens (including phenoxy) is 3. The molecule has 2 aliphatic rings. The molecule has 142 valence electrons. The third kappa shape index (κ3) is 4.98. The number of hydrazine groups is 1. The van der Waals surface area contributed by atoms with Gasteiger partial charge in [0.25, 0.3) is 5.91 Å². The van der Waals surface area contributed by atoms with Gasteiger partial charge in [0.05, 0.1) is 6.10 Å². The van der Waals surface area contributed by atoms with E-state index in [1.165, 1.54) is 0 Å². The lowest BCUT2D eigenvalue weighted by Crippen LogP contribution is -2.49. The lowest BCUT2D eigenvalue weighted by Gasteiger charge is -2.18. The number of fused-ring (bicyclic) bond motifs is 1. The van der Waals surface area contributed by atoms with Crippen molar-refractivity contribution >= 4 is 23.2 Å². The highest BCUT2D eigenvalue weighted by Crippen LogP contribution is 2.41. The highest BCUT2D eigenvalue weighted by Gasteiger charge is 2.32. The van der Waals surface area contributed by atoms with Crippen molar-refractivity contribution in [3.8, 4) is 11.5 Å². The fourth-order valence-electron chi connectivity index (χ4n) is 3.06. The van der Waals surface area contributed by atoms with E-state index in [4.69, 9.17) is 26.4 Å². The van der Waals surface area contributed by atoms with Crippen LogP contribution in [0, 0.1) is 0 Å². The summed E-state index contributed by atoms with van der Waals surface area (Å²) in [5, 5.41) is 3.36. The van der Waals surface area contributed by atoms with E-state index in [2.05, 4.69) is 16.2 Å². The molecule has 1 atom stereocenters. The number of thiocarbonyl (C=S) groups is 1. The molecule has 2 heterocycles. The lowest BCUT2D eigenvalue weighted by molar-refractivity contribution is -0.123. The SMILES string of the molecule is CC1(C)Cc2cccc(OCC(=O)NNC(=S)NC[C@H]3CCCO3)c2O1. The van der Waals surface area contributed by atoms with E-state index in [0.717, 1.165) is 31.4 Å². The van der Waals surface area contributed by atoms with E-state index in [1.807, 2.05) is 26.0 Å². The summed E-state index contributed by atoms with van der Waals surface area (Å²) in [6.07, 6.45) is 3.09. The summed E-state index contributed by atoms with van der Waals surface area (Å²) in [5.41, 5.74) is 6.01. The highest BCUT2D eigenvalue weighted by atomic mass is 32.1. The van der Waals surface area contributed by atoms with E-state index in [1.54, 1.807) is 6.07 Å². The van der Waals surface area contributed by atoms with Gasteiger partial charge in [0.1, 0.15) is 5.60 Å². The molecule has 0 bridgehead atoms. The van der Waals surface area contributed by atoms with Crippen molar-refractivity contribution in [1.29, 1.82) is 0 Å². The number of hydrogen-bond donors (Lipinski definition) is 3. The Morgan fingerprint density at radius 1 is 1.38 bits per heavy atom. The van der Waals surface area contributed by atoms with Crippen LogP contribution in [0.3, 0.4) is 0 Å². The van der Waals surface area contributed by atoms with Crippen LogP contribution in [0.25, 0.3) is 0 Å².